The van der Waals surface area contributed by atoms with E-state index in [4.69, 9.17) is 4.74 Å². The van der Waals surface area contributed by atoms with Crippen molar-refractivity contribution in [2.75, 3.05) is 7.11 Å². The van der Waals surface area contributed by atoms with Gasteiger partial charge >= 0.3 is 0 Å². The van der Waals surface area contributed by atoms with Gasteiger partial charge in [0, 0.05) is 24.6 Å². The highest BCUT2D eigenvalue weighted by Gasteiger charge is 2.11. The summed E-state index contributed by atoms with van der Waals surface area (Å²) in [5.74, 6) is 0.501. The van der Waals surface area contributed by atoms with E-state index in [1.807, 2.05) is 37.4 Å². The molecule has 1 amide bonds. The topological polar surface area (TPSA) is 68.5 Å². The van der Waals surface area contributed by atoms with E-state index in [1.165, 1.54) is 5.56 Å². The van der Waals surface area contributed by atoms with Crippen LogP contribution in [0.3, 0.4) is 0 Å². The number of imidazole rings is 1. The third kappa shape index (κ3) is 3.96. The molecule has 0 atom stereocenters. The molecule has 0 bridgehead atoms. The van der Waals surface area contributed by atoms with Gasteiger partial charge in [-0.05, 0) is 60.4 Å². The van der Waals surface area contributed by atoms with Gasteiger partial charge in [0.2, 0.25) is 0 Å². The predicted molar refractivity (Wildman–Crippen MR) is 112 cm³/mol. The normalized spacial score (nSPS) is 10.9. The number of fused-ring (bicyclic) bond motifs is 1. The van der Waals surface area contributed by atoms with Crippen LogP contribution in [0.5, 0.6) is 5.75 Å². The number of ether oxygens (including phenoxy) is 1. The number of hydrogen-bond acceptors (Lipinski definition) is 4. The van der Waals surface area contributed by atoms with Crippen molar-refractivity contribution in [2.45, 2.75) is 20.4 Å². The highest BCUT2D eigenvalue weighted by molar-refractivity contribution is 5.92. The Balaban J connectivity index is 1.47. The van der Waals surface area contributed by atoms with Crippen molar-refractivity contribution < 1.29 is 9.53 Å². The number of rotatable bonds is 5. The zero-order valence-corrected chi connectivity index (χ0v) is 16.6. The molecule has 146 valence electrons. The maximum absolute atomic E-state index is 12.5. The van der Waals surface area contributed by atoms with Gasteiger partial charge in [0.05, 0.1) is 13.3 Å². The number of aryl methyl sites for hydroxylation is 2. The maximum Gasteiger partial charge on any atom is 0.271 e. The summed E-state index contributed by atoms with van der Waals surface area (Å²) in [7, 11) is 1.61. The quantitative estimate of drug-likeness (QED) is 0.564. The number of carbonyl (C=O) groups excluding carboxylic acids is 1. The van der Waals surface area contributed by atoms with E-state index < -0.39 is 0 Å². The molecule has 0 saturated heterocycles. The fourth-order valence-corrected chi connectivity index (χ4v) is 3.35. The molecule has 0 saturated carbocycles. The van der Waals surface area contributed by atoms with E-state index >= 15 is 0 Å². The van der Waals surface area contributed by atoms with Crippen molar-refractivity contribution in [1.29, 1.82) is 0 Å². The molecule has 0 aliphatic carbocycles. The second kappa shape index (κ2) is 7.75. The number of pyridine rings is 2. The van der Waals surface area contributed by atoms with Gasteiger partial charge in [0.1, 0.15) is 17.1 Å². The Hall–Kier alpha value is -3.67. The van der Waals surface area contributed by atoms with Crippen molar-refractivity contribution in [1.82, 2.24) is 19.7 Å². The number of carbonyl (C=O) groups is 1. The molecule has 0 aliphatic heterocycles. The molecule has 0 unspecified atom stereocenters. The Labute approximate surface area is 169 Å². The van der Waals surface area contributed by atoms with Crippen LogP contribution in [0.1, 0.15) is 27.3 Å². The van der Waals surface area contributed by atoms with Crippen LogP contribution < -0.4 is 10.1 Å². The number of amides is 1. The summed E-state index contributed by atoms with van der Waals surface area (Å²) in [6.45, 7) is 4.50. The molecule has 1 N–H and O–H groups in total. The van der Waals surface area contributed by atoms with Crippen LogP contribution in [0.2, 0.25) is 0 Å². The lowest BCUT2D eigenvalue weighted by molar-refractivity contribution is 0.0946. The Morgan fingerprint density at radius 2 is 1.97 bits per heavy atom. The van der Waals surface area contributed by atoms with Gasteiger partial charge in [0.15, 0.2) is 0 Å². The number of hydrogen-bond donors (Lipinski definition) is 1. The average molecular weight is 386 g/mol. The van der Waals surface area contributed by atoms with E-state index in [1.54, 1.807) is 23.9 Å². The second-order valence-corrected chi connectivity index (χ2v) is 6.98. The fourth-order valence-electron chi connectivity index (χ4n) is 3.35. The van der Waals surface area contributed by atoms with Crippen LogP contribution in [0, 0.1) is 13.8 Å². The Morgan fingerprint density at radius 3 is 2.72 bits per heavy atom. The molecule has 0 spiro atoms. The lowest BCUT2D eigenvalue weighted by atomic mass is 9.98. The minimum absolute atomic E-state index is 0.209. The molecule has 0 radical (unpaired) electrons. The first kappa shape index (κ1) is 18.7. The molecule has 0 fully saturated rings. The molecule has 6 heteroatoms. The summed E-state index contributed by atoms with van der Waals surface area (Å²) in [5.41, 5.74) is 6.56. The summed E-state index contributed by atoms with van der Waals surface area (Å²) in [6.07, 6.45) is 5.32. The summed E-state index contributed by atoms with van der Waals surface area (Å²) in [6, 6.07) is 13.9. The van der Waals surface area contributed by atoms with Gasteiger partial charge in [-0.2, -0.15) is 0 Å². The SMILES string of the molecule is COc1ccc2nc(C(=O)NCc3ccc(-c4ccnc(C)c4)c(C)c3)cn2c1. The van der Waals surface area contributed by atoms with Crippen molar-refractivity contribution >= 4 is 11.6 Å². The average Bonchev–Trinajstić information content (AvgIpc) is 3.15. The molecule has 6 nitrogen and oxygen atoms in total. The predicted octanol–water partition coefficient (Wildman–Crippen LogP) is 3.95. The number of aromatic nitrogens is 3. The monoisotopic (exact) mass is 386 g/mol. The number of methoxy groups -OCH3 is 1. The zero-order valence-electron chi connectivity index (χ0n) is 16.6. The van der Waals surface area contributed by atoms with E-state index in [0.717, 1.165) is 22.4 Å². The summed E-state index contributed by atoms with van der Waals surface area (Å²) in [5, 5.41) is 2.94. The molecule has 1 aromatic carbocycles. The third-order valence-corrected chi connectivity index (χ3v) is 4.84. The van der Waals surface area contributed by atoms with Crippen LogP contribution >= 0.6 is 0 Å². The van der Waals surface area contributed by atoms with Gasteiger partial charge in [-0.25, -0.2) is 4.98 Å². The molecule has 4 rings (SSSR count). The van der Waals surface area contributed by atoms with Crippen LogP contribution in [0.4, 0.5) is 0 Å². The van der Waals surface area contributed by atoms with Crippen molar-refractivity contribution in [3.63, 3.8) is 0 Å². The maximum atomic E-state index is 12.5. The van der Waals surface area contributed by atoms with E-state index in [9.17, 15) is 4.79 Å². The van der Waals surface area contributed by atoms with Crippen LogP contribution in [-0.4, -0.2) is 27.4 Å². The highest BCUT2D eigenvalue weighted by atomic mass is 16.5. The minimum Gasteiger partial charge on any atom is -0.495 e. The second-order valence-electron chi connectivity index (χ2n) is 6.98. The summed E-state index contributed by atoms with van der Waals surface area (Å²) < 4.78 is 6.99. The van der Waals surface area contributed by atoms with Crippen LogP contribution in [-0.2, 0) is 6.54 Å². The molecule has 0 aliphatic rings. The number of nitrogens with one attached hydrogen (secondary N) is 1. The van der Waals surface area contributed by atoms with Gasteiger partial charge in [-0.1, -0.05) is 18.2 Å². The van der Waals surface area contributed by atoms with Gasteiger partial charge in [0.25, 0.3) is 5.91 Å². The van der Waals surface area contributed by atoms with E-state index in [2.05, 4.69) is 40.4 Å². The van der Waals surface area contributed by atoms with Gasteiger partial charge in [-0.3, -0.25) is 9.78 Å². The highest BCUT2D eigenvalue weighted by Crippen LogP contribution is 2.24. The first-order valence-electron chi connectivity index (χ1n) is 9.37. The van der Waals surface area contributed by atoms with Gasteiger partial charge < -0.3 is 14.5 Å². The Kier molecular flexibility index (Phi) is 4.99. The summed E-state index contributed by atoms with van der Waals surface area (Å²) >= 11 is 0. The van der Waals surface area contributed by atoms with E-state index in [0.29, 0.717) is 23.6 Å². The van der Waals surface area contributed by atoms with Crippen molar-refractivity contribution in [3.05, 3.63) is 83.6 Å². The zero-order chi connectivity index (χ0) is 20.4. The molecule has 29 heavy (non-hydrogen) atoms. The Morgan fingerprint density at radius 1 is 1.10 bits per heavy atom. The van der Waals surface area contributed by atoms with Crippen molar-refractivity contribution in [3.8, 4) is 16.9 Å². The smallest absolute Gasteiger partial charge is 0.271 e. The number of benzene rings is 1. The minimum atomic E-state index is -0.209. The first-order chi connectivity index (χ1) is 14.0. The largest absolute Gasteiger partial charge is 0.495 e. The lowest BCUT2D eigenvalue weighted by Crippen LogP contribution is -2.23. The molecular weight excluding hydrogens is 364 g/mol. The van der Waals surface area contributed by atoms with Gasteiger partial charge in [-0.15, -0.1) is 0 Å². The Bertz CT molecular complexity index is 1200. The van der Waals surface area contributed by atoms with Crippen molar-refractivity contribution in [2.24, 2.45) is 0 Å². The molecule has 3 heterocycles. The summed E-state index contributed by atoms with van der Waals surface area (Å²) in [4.78, 5) is 21.2. The van der Waals surface area contributed by atoms with Crippen LogP contribution in [0.25, 0.3) is 16.8 Å². The molecule has 3 aromatic heterocycles. The van der Waals surface area contributed by atoms with E-state index in [-0.39, 0.29) is 5.91 Å². The molecular formula is C23H22N4O2. The first-order valence-corrected chi connectivity index (χ1v) is 9.37. The van der Waals surface area contributed by atoms with Crippen LogP contribution in [0.15, 0.2) is 61.1 Å². The molecule has 4 aromatic rings. The number of nitrogens with zero attached hydrogens (tertiary/aromatic N) is 3. The lowest BCUT2D eigenvalue weighted by Gasteiger charge is -2.10. The standard InChI is InChI=1S/C23H22N4O2/c1-15-10-17(4-6-20(15)18-8-9-24-16(2)11-18)12-25-23(28)21-14-27-13-19(29-3)5-7-22(27)26-21/h4-11,13-14H,12H2,1-3H3,(H,25,28). The third-order valence-electron chi connectivity index (χ3n) is 4.84. The fraction of sp³-hybridized carbons (Fsp3) is 0.174.